The van der Waals surface area contributed by atoms with Gasteiger partial charge in [0.05, 0.1) is 6.61 Å². The van der Waals surface area contributed by atoms with E-state index in [9.17, 15) is 13.6 Å². The molecule has 17 heavy (non-hydrogen) atoms. The SMILES string of the molecule is NNC(=O)CCCCOc1cc(F)ccc1F. The first-order chi connectivity index (χ1) is 8.13. The Kier molecular flexibility index (Phi) is 5.35. The lowest BCUT2D eigenvalue weighted by atomic mass is 10.2. The van der Waals surface area contributed by atoms with Crippen LogP contribution < -0.4 is 16.0 Å². The van der Waals surface area contributed by atoms with Crippen LogP contribution in [0.3, 0.4) is 0 Å². The number of hydrogen-bond acceptors (Lipinski definition) is 3. The Balaban J connectivity index is 2.26. The molecule has 0 unspecified atom stereocenters. The summed E-state index contributed by atoms with van der Waals surface area (Å²) in [6, 6.07) is 3.02. The van der Waals surface area contributed by atoms with Gasteiger partial charge in [0.15, 0.2) is 11.6 Å². The predicted octanol–water partition coefficient (Wildman–Crippen LogP) is 1.50. The van der Waals surface area contributed by atoms with E-state index in [1.165, 1.54) is 0 Å². The zero-order chi connectivity index (χ0) is 12.7. The van der Waals surface area contributed by atoms with Crippen molar-refractivity contribution < 1.29 is 18.3 Å². The average molecular weight is 244 g/mol. The molecule has 0 atom stereocenters. The molecule has 1 rings (SSSR count). The second-order valence-electron chi connectivity index (χ2n) is 3.45. The van der Waals surface area contributed by atoms with E-state index in [-0.39, 0.29) is 24.7 Å². The maximum absolute atomic E-state index is 13.1. The van der Waals surface area contributed by atoms with Crippen LogP contribution in [0.4, 0.5) is 8.78 Å². The number of benzene rings is 1. The molecular formula is C11H14F2N2O2. The second kappa shape index (κ2) is 6.80. The van der Waals surface area contributed by atoms with Crippen molar-refractivity contribution >= 4 is 5.91 Å². The number of hydrogen-bond donors (Lipinski definition) is 2. The third kappa shape index (κ3) is 4.78. The summed E-state index contributed by atoms with van der Waals surface area (Å²) >= 11 is 0. The number of rotatable bonds is 6. The monoisotopic (exact) mass is 244 g/mol. The summed E-state index contributed by atoms with van der Waals surface area (Å²) in [5.41, 5.74) is 2.00. The van der Waals surface area contributed by atoms with Gasteiger partial charge in [-0.25, -0.2) is 14.6 Å². The number of hydrazine groups is 1. The van der Waals surface area contributed by atoms with E-state index in [0.29, 0.717) is 12.8 Å². The molecule has 0 spiro atoms. The van der Waals surface area contributed by atoms with Gasteiger partial charge in [-0.15, -0.1) is 0 Å². The van der Waals surface area contributed by atoms with Crippen LogP contribution in [0.2, 0.25) is 0 Å². The summed E-state index contributed by atoms with van der Waals surface area (Å²) in [6.45, 7) is 0.220. The van der Waals surface area contributed by atoms with Crippen LogP contribution in [0.15, 0.2) is 18.2 Å². The van der Waals surface area contributed by atoms with Crippen LogP contribution in [0.5, 0.6) is 5.75 Å². The maximum atomic E-state index is 13.1. The Bertz CT molecular complexity index is 386. The number of nitrogens with one attached hydrogen (secondary N) is 1. The van der Waals surface area contributed by atoms with Gasteiger partial charge in [-0.3, -0.25) is 10.2 Å². The van der Waals surface area contributed by atoms with Gasteiger partial charge in [0.2, 0.25) is 5.91 Å². The van der Waals surface area contributed by atoms with E-state index in [1.54, 1.807) is 0 Å². The Morgan fingerprint density at radius 2 is 2.12 bits per heavy atom. The summed E-state index contributed by atoms with van der Waals surface area (Å²) in [5.74, 6) is 3.36. The van der Waals surface area contributed by atoms with Gasteiger partial charge in [0.1, 0.15) is 5.82 Å². The van der Waals surface area contributed by atoms with Crippen molar-refractivity contribution in [2.24, 2.45) is 5.84 Å². The highest BCUT2D eigenvalue weighted by molar-refractivity contribution is 5.75. The first kappa shape index (κ1) is 13.4. The molecule has 0 bridgehead atoms. The lowest BCUT2D eigenvalue weighted by Gasteiger charge is -2.06. The molecule has 0 aromatic heterocycles. The van der Waals surface area contributed by atoms with Gasteiger partial charge < -0.3 is 4.74 Å². The molecule has 6 heteroatoms. The molecule has 1 amide bonds. The van der Waals surface area contributed by atoms with E-state index in [0.717, 1.165) is 18.2 Å². The minimum atomic E-state index is -0.605. The first-order valence-corrected chi connectivity index (χ1v) is 5.21. The highest BCUT2D eigenvalue weighted by Crippen LogP contribution is 2.18. The van der Waals surface area contributed by atoms with Crippen LogP contribution in [0, 0.1) is 11.6 Å². The van der Waals surface area contributed by atoms with Gasteiger partial charge in [-0.05, 0) is 25.0 Å². The van der Waals surface area contributed by atoms with E-state index < -0.39 is 11.6 Å². The molecule has 0 aliphatic heterocycles. The van der Waals surface area contributed by atoms with Crippen molar-refractivity contribution in [1.29, 1.82) is 0 Å². The van der Waals surface area contributed by atoms with Crippen molar-refractivity contribution in [2.45, 2.75) is 19.3 Å². The van der Waals surface area contributed by atoms with Crippen molar-refractivity contribution in [3.8, 4) is 5.75 Å². The van der Waals surface area contributed by atoms with Gasteiger partial charge >= 0.3 is 0 Å². The molecule has 0 aliphatic carbocycles. The number of unbranched alkanes of at least 4 members (excludes halogenated alkanes) is 1. The highest BCUT2D eigenvalue weighted by atomic mass is 19.1. The predicted molar refractivity (Wildman–Crippen MR) is 58.0 cm³/mol. The van der Waals surface area contributed by atoms with Crippen molar-refractivity contribution in [3.05, 3.63) is 29.8 Å². The molecular weight excluding hydrogens is 230 g/mol. The largest absolute Gasteiger partial charge is 0.490 e. The van der Waals surface area contributed by atoms with Crippen LogP contribution in [-0.2, 0) is 4.79 Å². The number of halogens is 2. The minimum absolute atomic E-state index is 0.117. The lowest BCUT2D eigenvalue weighted by Crippen LogP contribution is -2.29. The van der Waals surface area contributed by atoms with E-state index in [4.69, 9.17) is 10.6 Å². The zero-order valence-corrected chi connectivity index (χ0v) is 9.21. The molecule has 0 radical (unpaired) electrons. The number of ether oxygens (including phenoxy) is 1. The highest BCUT2D eigenvalue weighted by Gasteiger charge is 2.04. The van der Waals surface area contributed by atoms with Gasteiger partial charge in [-0.1, -0.05) is 0 Å². The Labute approximate surface area is 97.7 Å². The molecule has 0 saturated carbocycles. The van der Waals surface area contributed by atoms with Gasteiger partial charge in [-0.2, -0.15) is 0 Å². The molecule has 0 aliphatic rings. The second-order valence-corrected chi connectivity index (χ2v) is 3.45. The minimum Gasteiger partial charge on any atom is -0.490 e. The average Bonchev–Trinajstić information content (AvgIpc) is 2.32. The van der Waals surface area contributed by atoms with E-state index in [1.807, 2.05) is 5.43 Å². The summed E-state index contributed by atoms with van der Waals surface area (Å²) in [6.07, 6.45) is 1.41. The fraction of sp³-hybridized carbons (Fsp3) is 0.364. The summed E-state index contributed by atoms with van der Waals surface area (Å²) in [4.78, 5) is 10.8. The van der Waals surface area contributed by atoms with Gasteiger partial charge in [0, 0.05) is 12.5 Å². The zero-order valence-electron chi connectivity index (χ0n) is 9.21. The van der Waals surface area contributed by atoms with Crippen molar-refractivity contribution in [2.75, 3.05) is 6.61 Å². The maximum Gasteiger partial charge on any atom is 0.233 e. The summed E-state index contributed by atoms with van der Waals surface area (Å²) in [5, 5.41) is 0. The number of amides is 1. The van der Waals surface area contributed by atoms with Gasteiger partial charge in [0.25, 0.3) is 0 Å². The van der Waals surface area contributed by atoms with Crippen LogP contribution in [-0.4, -0.2) is 12.5 Å². The van der Waals surface area contributed by atoms with Crippen LogP contribution in [0.1, 0.15) is 19.3 Å². The topological polar surface area (TPSA) is 64.3 Å². The van der Waals surface area contributed by atoms with E-state index >= 15 is 0 Å². The Hall–Kier alpha value is -1.69. The fourth-order valence-electron chi connectivity index (χ4n) is 1.23. The third-order valence-corrected chi connectivity index (χ3v) is 2.11. The lowest BCUT2D eigenvalue weighted by molar-refractivity contribution is -0.121. The van der Waals surface area contributed by atoms with Crippen LogP contribution in [0.25, 0.3) is 0 Å². The normalized spacial score (nSPS) is 10.1. The summed E-state index contributed by atoms with van der Waals surface area (Å²) in [7, 11) is 0. The molecule has 0 heterocycles. The quantitative estimate of drug-likeness (QED) is 0.345. The number of carbonyl (C=O) groups excluding carboxylic acids is 1. The third-order valence-electron chi connectivity index (χ3n) is 2.11. The molecule has 0 saturated heterocycles. The molecule has 1 aromatic carbocycles. The van der Waals surface area contributed by atoms with Crippen molar-refractivity contribution in [1.82, 2.24) is 5.43 Å². The first-order valence-electron chi connectivity index (χ1n) is 5.21. The smallest absolute Gasteiger partial charge is 0.233 e. The molecule has 94 valence electrons. The number of carbonyl (C=O) groups is 1. The molecule has 4 nitrogen and oxygen atoms in total. The standard InChI is InChI=1S/C11H14F2N2O2/c12-8-4-5-9(13)10(7-8)17-6-2-1-3-11(16)15-14/h4-5,7H,1-3,6,14H2,(H,15,16). The Morgan fingerprint density at radius 1 is 1.35 bits per heavy atom. The van der Waals surface area contributed by atoms with E-state index in [2.05, 4.69) is 0 Å². The Morgan fingerprint density at radius 3 is 2.82 bits per heavy atom. The molecule has 1 aromatic rings. The fourth-order valence-corrected chi connectivity index (χ4v) is 1.23. The summed E-state index contributed by atoms with van der Waals surface area (Å²) < 4.78 is 30.9. The number of nitrogens with two attached hydrogens (primary N) is 1. The molecule has 0 fully saturated rings. The van der Waals surface area contributed by atoms with Crippen molar-refractivity contribution in [3.63, 3.8) is 0 Å². The van der Waals surface area contributed by atoms with Crippen LogP contribution >= 0.6 is 0 Å². The molecule has 3 N–H and O–H groups in total.